The van der Waals surface area contributed by atoms with Crippen LogP contribution in [0.5, 0.6) is 11.5 Å². The fourth-order valence-corrected chi connectivity index (χ4v) is 7.16. The number of para-hydroxylation sites is 2. The second-order valence-corrected chi connectivity index (χ2v) is 12.2. The van der Waals surface area contributed by atoms with E-state index in [1.54, 1.807) is 25.7 Å². The summed E-state index contributed by atoms with van der Waals surface area (Å²) in [6, 6.07) is 14.7. The van der Waals surface area contributed by atoms with Gasteiger partial charge in [-0.3, -0.25) is 14.2 Å². The molecule has 2 aromatic carbocycles. The van der Waals surface area contributed by atoms with E-state index in [2.05, 4.69) is 20.8 Å². The summed E-state index contributed by atoms with van der Waals surface area (Å²) in [6.07, 6.45) is 3.93. The minimum absolute atomic E-state index is 0.0158. The molecule has 2 amide bonds. The van der Waals surface area contributed by atoms with Gasteiger partial charge in [-0.05, 0) is 68.0 Å². The van der Waals surface area contributed by atoms with Crippen molar-refractivity contribution in [2.24, 2.45) is 0 Å². The Kier molecular flexibility index (Phi) is 10.7. The maximum Gasteiger partial charge on any atom is 0.341 e. The molecule has 4 aromatic rings. The zero-order chi connectivity index (χ0) is 31.8. The summed E-state index contributed by atoms with van der Waals surface area (Å²) in [5, 5.41) is 15.5. The number of hydrogen-bond acceptors (Lipinski definition) is 10. The van der Waals surface area contributed by atoms with Gasteiger partial charge in [0.25, 0.3) is 0 Å². The molecule has 236 valence electrons. The fraction of sp³-hybridized carbons (Fsp3) is 0.344. The quantitative estimate of drug-likeness (QED) is 0.152. The van der Waals surface area contributed by atoms with E-state index in [0.29, 0.717) is 33.0 Å². The van der Waals surface area contributed by atoms with Crippen LogP contribution in [0.2, 0.25) is 0 Å². The molecule has 5 rings (SSSR count). The second-order valence-electron chi connectivity index (χ2n) is 10.2. The number of esters is 1. The summed E-state index contributed by atoms with van der Waals surface area (Å²) in [7, 11) is 3.16. The van der Waals surface area contributed by atoms with Crippen LogP contribution in [0.1, 0.15) is 52.0 Å². The third-order valence-electron chi connectivity index (χ3n) is 7.23. The van der Waals surface area contributed by atoms with Crippen molar-refractivity contribution in [3.8, 4) is 17.2 Å². The normalized spacial score (nSPS) is 12.2. The summed E-state index contributed by atoms with van der Waals surface area (Å²) in [4.78, 5) is 39.9. The summed E-state index contributed by atoms with van der Waals surface area (Å²) >= 11 is 2.64. The Labute approximate surface area is 269 Å². The average Bonchev–Trinajstić information content (AvgIpc) is 3.63. The van der Waals surface area contributed by atoms with Gasteiger partial charge in [0.15, 0.2) is 11.0 Å². The molecule has 2 heterocycles. The smallest absolute Gasteiger partial charge is 0.341 e. The minimum atomic E-state index is -0.408. The molecule has 2 N–H and O–H groups in total. The van der Waals surface area contributed by atoms with E-state index < -0.39 is 5.97 Å². The van der Waals surface area contributed by atoms with Crippen molar-refractivity contribution in [3.63, 3.8) is 0 Å². The number of aryl methyl sites for hydroxylation is 1. The Hall–Kier alpha value is -4.36. The highest BCUT2D eigenvalue weighted by molar-refractivity contribution is 7.99. The number of amides is 2. The number of nitrogens with one attached hydrogen (secondary N) is 2. The summed E-state index contributed by atoms with van der Waals surface area (Å²) in [5.74, 6) is 0.916. The molecule has 1 aliphatic carbocycles. The SMILES string of the molecule is CCOC(=O)c1c(NC(=O)CSc2nnc(CNC(=O)Cc3ccc(OC)cc3)n2-c2ccccc2OC)sc2c1CCCC2. The van der Waals surface area contributed by atoms with E-state index in [9.17, 15) is 14.4 Å². The molecular formula is C32H35N5O6S2. The highest BCUT2D eigenvalue weighted by Crippen LogP contribution is 2.39. The van der Waals surface area contributed by atoms with Gasteiger partial charge in [-0.25, -0.2) is 4.79 Å². The number of benzene rings is 2. The van der Waals surface area contributed by atoms with Crippen LogP contribution in [0.4, 0.5) is 5.00 Å². The van der Waals surface area contributed by atoms with Gasteiger partial charge in [-0.2, -0.15) is 0 Å². The van der Waals surface area contributed by atoms with Gasteiger partial charge in [-0.15, -0.1) is 21.5 Å². The minimum Gasteiger partial charge on any atom is -0.497 e. The largest absolute Gasteiger partial charge is 0.497 e. The van der Waals surface area contributed by atoms with Crippen LogP contribution in [-0.2, 0) is 40.1 Å². The van der Waals surface area contributed by atoms with Crippen molar-refractivity contribution >= 4 is 45.9 Å². The Morgan fingerprint density at radius 1 is 0.978 bits per heavy atom. The number of thioether (sulfide) groups is 1. The van der Waals surface area contributed by atoms with E-state index in [0.717, 1.165) is 47.4 Å². The Balaban J connectivity index is 1.31. The first-order chi connectivity index (χ1) is 21.9. The first-order valence-electron chi connectivity index (χ1n) is 14.6. The molecular weight excluding hydrogens is 615 g/mol. The number of thiophene rings is 1. The third-order valence-corrected chi connectivity index (χ3v) is 9.37. The lowest BCUT2D eigenvalue weighted by Crippen LogP contribution is -2.26. The molecule has 11 nitrogen and oxygen atoms in total. The van der Waals surface area contributed by atoms with Gasteiger partial charge in [0.1, 0.15) is 16.5 Å². The molecule has 0 saturated heterocycles. The summed E-state index contributed by atoms with van der Waals surface area (Å²) in [5.41, 5.74) is 2.98. The molecule has 0 saturated carbocycles. The number of nitrogens with zero attached hydrogens (tertiary/aromatic N) is 3. The van der Waals surface area contributed by atoms with Crippen LogP contribution in [0.15, 0.2) is 53.7 Å². The molecule has 1 aliphatic rings. The van der Waals surface area contributed by atoms with Crippen LogP contribution in [0, 0.1) is 0 Å². The first kappa shape index (κ1) is 32.0. The van der Waals surface area contributed by atoms with Crippen molar-refractivity contribution in [3.05, 3.63) is 75.9 Å². The zero-order valence-electron chi connectivity index (χ0n) is 25.4. The maximum absolute atomic E-state index is 13.2. The van der Waals surface area contributed by atoms with Gasteiger partial charge >= 0.3 is 5.97 Å². The lowest BCUT2D eigenvalue weighted by atomic mass is 9.95. The monoisotopic (exact) mass is 649 g/mol. The lowest BCUT2D eigenvalue weighted by Gasteiger charge is -2.14. The average molecular weight is 650 g/mol. The Morgan fingerprint density at radius 2 is 1.76 bits per heavy atom. The van der Waals surface area contributed by atoms with E-state index in [1.165, 1.54) is 23.1 Å². The number of hydrogen-bond donors (Lipinski definition) is 2. The van der Waals surface area contributed by atoms with Gasteiger partial charge < -0.3 is 24.8 Å². The van der Waals surface area contributed by atoms with Crippen molar-refractivity contribution in [2.45, 2.75) is 50.7 Å². The molecule has 45 heavy (non-hydrogen) atoms. The lowest BCUT2D eigenvalue weighted by molar-refractivity contribution is -0.120. The molecule has 13 heteroatoms. The number of anilines is 1. The predicted octanol–water partition coefficient (Wildman–Crippen LogP) is 4.99. The number of rotatable bonds is 13. The number of ether oxygens (including phenoxy) is 3. The molecule has 0 spiro atoms. The highest BCUT2D eigenvalue weighted by Gasteiger charge is 2.27. The number of aromatic nitrogens is 3. The summed E-state index contributed by atoms with van der Waals surface area (Å²) in [6.45, 7) is 2.14. The van der Waals surface area contributed by atoms with Crippen molar-refractivity contribution in [1.29, 1.82) is 0 Å². The second kappa shape index (κ2) is 15.1. The van der Waals surface area contributed by atoms with Crippen molar-refractivity contribution < 1.29 is 28.6 Å². The van der Waals surface area contributed by atoms with Crippen LogP contribution in [-0.4, -0.2) is 59.1 Å². The number of fused-ring (bicyclic) bond motifs is 1. The van der Waals surface area contributed by atoms with Crippen molar-refractivity contribution in [2.75, 3.05) is 31.9 Å². The Bertz CT molecular complexity index is 1670. The standard InChI is InChI=1S/C32H35N5O6S2/c1-4-43-31(40)29-22-9-5-8-12-25(22)45-30(29)34-28(39)19-44-32-36-35-26(37(32)23-10-6-7-11-24(23)42-3)18-33-27(38)17-20-13-15-21(41-2)16-14-20/h6-7,10-11,13-16H,4-5,8-9,12,17-19H2,1-3H3,(H,33,38)(H,34,39). The topological polar surface area (TPSA) is 134 Å². The molecule has 2 aromatic heterocycles. The highest BCUT2D eigenvalue weighted by atomic mass is 32.2. The van der Waals surface area contributed by atoms with E-state index in [1.807, 2.05) is 48.5 Å². The van der Waals surface area contributed by atoms with Crippen LogP contribution < -0.4 is 20.1 Å². The first-order valence-corrected chi connectivity index (χ1v) is 16.4. The van der Waals surface area contributed by atoms with E-state index >= 15 is 0 Å². The molecule has 0 bridgehead atoms. The van der Waals surface area contributed by atoms with Gasteiger partial charge in [0.2, 0.25) is 11.8 Å². The van der Waals surface area contributed by atoms with Gasteiger partial charge in [0.05, 0.1) is 50.8 Å². The van der Waals surface area contributed by atoms with Crippen LogP contribution in [0.25, 0.3) is 5.69 Å². The third kappa shape index (κ3) is 7.66. The van der Waals surface area contributed by atoms with Crippen molar-refractivity contribution in [1.82, 2.24) is 20.1 Å². The zero-order valence-corrected chi connectivity index (χ0v) is 27.0. The number of carbonyl (C=O) groups excluding carboxylic acids is 3. The van der Waals surface area contributed by atoms with Crippen LogP contribution >= 0.6 is 23.1 Å². The predicted molar refractivity (Wildman–Crippen MR) is 173 cm³/mol. The maximum atomic E-state index is 13.2. The summed E-state index contributed by atoms with van der Waals surface area (Å²) < 4.78 is 17.9. The van der Waals surface area contributed by atoms with E-state index in [4.69, 9.17) is 14.2 Å². The molecule has 0 atom stereocenters. The van der Waals surface area contributed by atoms with Crippen LogP contribution in [0.3, 0.4) is 0 Å². The number of methoxy groups -OCH3 is 2. The molecule has 0 radical (unpaired) electrons. The molecule has 0 aliphatic heterocycles. The molecule has 0 fully saturated rings. The van der Waals surface area contributed by atoms with Gasteiger partial charge in [0, 0.05) is 4.88 Å². The van der Waals surface area contributed by atoms with Gasteiger partial charge in [-0.1, -0.05) is 36.0 Å². The Morgan fingerprint density at radius 3 is 2.51 bits per heavy atom. The number of carbonyl (C=O) groups is 3. The molecule has 0 unspecified atom stereocenters. The van der Waals surface area contributed by atoms with E-state index in [-0.39, 0.29) is 37.1 Å². The fourth-order valence-electron chi connectivity index (χ4n) is 5.10.